The van der Waals surface area contributed by atoms with E-state index >= 15 is 0 Å². The van der Waals surface area contributed by atoms with Crippen molar-refractivity contribution in [3.8, 4) is 17.2 Å². The molecule has 3 aromatic rings. The summed E-state index contributed by atoms with van der Waals surface area (Å²) in [4.78, 5) is 55.0. The number of unbranched alkanes of at least 4 members (excludes halogenated alkanes) is 1. The molecule has 12 nitrogen and oxygen atoms in total. The van der Waals surface area contributed by atoms with Crippen LogP contribution in [0.15, 0.2) is 92.0 Å². The zero-order valence-electron chi connectivity index (χ0n) is 30.9. The van der Waals surface area contributed by atoms with Crippen molar-refractivity contribution in [1.82, 2.24) is 0 Å². The second-order valence-electron chi connectivity index (χ2n) is 10.9. The van der Waals surface area contributed by atoms with E-state index in [4.69, 9.17) is 33.2 Å². The molecule has 3 aromatic carbocycles. The molecule has 286 valence electrons. The Morgan fingerprint density at radius 2 is 1.28 bits per heavy atom. The molecule has 0 aliphatic heterocycles. The predicted octanol–water partition coefficient (Wildman–Crippen LogP) is 6.51. The summed E-state index contributed by atoms with van der Waals surface area (Å²) >= 11 is 0. The van der Waals surface area contributed by atoms with Gasteiger partial charge in [-0.15, -0.1) is 0 Å². The van der Waals surface area contributed by atoms with Crippen molar-refractivity contribution < 1.29 is 57.1 Å². The molecule has 1 unspecified atom stereocenters. The van der Waals surface area contributed by atoms with Gasteiger partial charge in [0, 0.05) is 29.9 Å². The Labute approximate surface area is 311 Å². The number of rotatable bonds is 21. The Hall–Kier alpha value is -5.75. The van der Waals surface area contributed by atoms with E-state index in [1.165, 1.54) is 5.56 Å². The maximum Gasteiger partial charge on any atom is 0.330 e. The number of hydrogen-bond acceptors (Lipinski definition) is 12. The van der Waals surface area contributed by atoms with Gasteiger partial charge in [0.2, 0.25) is 0 Å². The lowest BCUT2D eigenvalue weighted by molar-refractivity contribution is -0.156. The summed E-state index contributed by atoms with van der Waals surface area (Å²) in [5.41, 5.74) is 3.62. The highest BCUT2D eigenvalue weighted by Gasteiger charge is 2.17. The lowest BCUT2D eigenvalue weighted by atomic mass is 10.1. The molecule has 0 spiro atoms. The number of aldehydes is 2. The number of aryl methyl sites for hydroxylation is 2. The van der Waals surface area contributed by atoms with E-state index in [0.717, 1.165) is 53.8 Å². The van der Waals surface area contributed by atoms with E-state index in [1.807, 2.05) is 49.4 Å². The fraction of sp³-hybridized carbons (Fsp3) is 0.341. The van der Waals surface area contributed by atoms with Gasteiger partial charge in [-0.1, -0.05) is 44.3 Å². The molecule has 0 amide bonds. The van der Waals surface area contributed by atoms with Crippen LogP contribution in [0.3, 0.4) is 0 Å². The molecule has 3 rings (SSSR count). The van der Waals surface area contributed by atoms with Crippen LogP contribution in [0.1, 0.15) is 58.0 Å². The third-order valence-electron chi connectivity index (χ3n) is 6.99. The predicted molar refractivity (Wildman–Crippen MR) is 200 cm³/mol. The fourth-order valence-corrected chi connectivity index (χ4v) is 4.05. The van der Waals surface area contributed by atoms with Gasteiger partial charge in [0.15, 0.2) is 6.10 Å². The molecule has 1 atom stereocenters. The maximum absolute atomic E-state index is 12.0. The summed E-state index contributed by atoms with van der Waals surface area (Å²) in [6.07, 6.45) is 5.12. The third-order valence-corrected chi connectivity index (χ3v) is 6.99. The lowest BCUT2D eigenvalue weighted by Crippen LogP contribution is -2.30. The first-order chi connectivity index (χ1) is 25.6. The summed E-state index contributed by atoms with van der Waals surface area (Å²) < 4.78 is 36.3. The van der Waals surface area contributed by atoms with Crippen LogP contribution in [-0.2, 0) is 39.8 Å². The Bertz CT molecular complexity index is 1550. The Morgan fingerprint density at radius 1 is 0.717 bits per heavy atom. The quantitative estimate of drug-likeness (QED) is 0.0386. The average molecular weight is 735 g/mol. The van der Waals surface area contributed by atoms with Crippen LogP contribution in [0.5, 0.6) is 17.2 Å². The Balaban J connectivity index is 0.000000535. The summed E-state index contributed by atoms with van der Waals surface area (Å²) in [5, 5.41) is 0. The van der Waals surface area contributed by atoms with Crippen LogP contribution >= 0.6 is 0 Å². The van der Waals surface area contributed by atoms with Crippen LogP contribution in [0, 0.1) is 6.92 Å². The number of esters is 3. The van der Waals surface area contributed by atoms with Crippen molar-refractivity contribution in [3.05, 3.63) is 114 Å². The van der Waals surface area contributed by atoms with Crippen molar-refractivity contribution in [1.29, 1.82) is 0 Å². The molecule has 0 saturated heterocycles. The number of hydrogen-bond donors (Lipinski definition) is 0. The van der Waals surface area contributed by atoms with E-state index < -0.39 is 24.0 Å². The monoisotopic (exact) mass is 734 g/mol. The van der Waals surface area contributed by atoms with Gasteiger partial charge in [0.05, 0.1) is 33.9 Å². The van der Waals surface area contributed by atoms with Crippen molar-refractivity contribution in [3.63, 3.8) is 0 Å². The highest BCUT2D eigenvalue weighted by Crippen LogP contribution is 2.22. The highest BCUT2D eigenvalue weighted by atomic mass is 16.6. The summed E-state index contributed by atoms with van der Waals surface area (Å²) in [6, 6.07) is 19.8. The fourth-order valence-electron chi connectivity index (χ4n) is 4.05. The average Bonchev–Trinajstić information content (AvgIpc) is 3.19. The summed E-state index contributed by atoms with van der Waals surface area (Å²) in [6.45, 7) is 11.3. The molecule has 0 N–H and O–H groups in total. The molecule has 0 fully saturated rings. The van der Waals surface area contributed by atoms with Gasteiger partial charge in [-0.2, -0.15) is 0 Å². The smallest absolute Gasteiger partial charge is 0.330 e. The van der Waals surface area contributed by atoms with Gasteiger partial charge in [-0.05, 0) is 79.8 Å². The van der Waals surface area contributed by atoms with E-state index in [-0.39, 0.29) is 32.8 Å². The maximum atomic E-state index is 12.0. The molecule has 0 aromatic heterocycles. The Morgan fingerprint density at radius 3 is 1.81 bits per heavy atom. The minimum Gasteiger partial charge on any atom is -0.497 e. The van der Waals surface area contributed by atoms with Gasteiger partial charge in [0.1, 0.15) is 43.0 Å². The zero-order chi connectivity index (χ0) is 39.3. The molecule has 0 radical (unpaired) electrons. The Kier molecular flexibility index (Phi) is 23.8. The summed E-state index contributed by atoms with van der Waals surface area (Å²) in [5.74, 6) is 0.579. The second-order valence-corrected chi connectivity index (χ2v) is 10.9. The number of ether oxygens (including phenoxy) is 7. The molecule has 12 heteroatoms. The highest BCUT2D eigenvalue weighted by molar-refractivity contribution is 5.81. The topological polar surface area (TPSA) is 150 Å². The van der Waals surface area contributed by atoms with Crippen molar-refractivity contribution in [2.45, 2.75) is 45.6 Å². The minimum absolute atomic E-state index is 0.0234. The van der Waals surface area contributed by atoms with E-state index in [9.17, 15) is 24.0 Å². The number of benzene rings is 3. The van der Waals surface area contributed by atoms with Gasteiger partial charge < -0.3 is 33.2 Å². The summed E-state index contributed by atoms with van der Waals surface area (Å²) in [7, 11) is 3.32. The zero-order valence-corrected chi connectivity index (χ0v) is 30.9. The van der Waals surface area contributed by atoms with Crippen molar-refractivity contribution in [2.75, 3.05) is 47.3 Å². The molecular formula is C41H50O12. The molecular weight excluding hydrogens is 684 g/mol. The van der Waals surface area contributed by atoms with E-state index in [2.05, 4.69) is 20.1 Å². The second kappa shape index (κ2) is 27.9. The first-order valence-corrected chi connectivity index (χ1v) is 16.9. The lowest BCUT2D eigenvalue weighted by Gasteiger charge is -2.19. The SMILES string of the molecule is C=CC(=O)OCCCCOCC(COc1ccc(C=O)cc1)OC(=O)CCOC(=O)C=C.CCc1ccc(C=O)cc1.COc1ccc(OC)c(C)c1. The van der Waals surface area contributed by atoms with Crippen molar-refractivity contribution >= 4 is 30.5 Å². The van der Waals surface area contributed by atoms with Crippen LogP contribution in [-0.4, -0.2) is 83.8 Å². The largest absolute Gasteiger partial charge is 0.497 e. The van der Waals surface area contributed by atoms with E-state index in [0.29, 0.717) is 30.8 Å². The van der Waals surface area contributed by atoms with Crippen LogP contribution in [0.4, 0.5) is 0 Å². The third kappa shape index (κ3) is 20.6. The normalized spacial score (nSPS) is 10.3. The van der Waals surface area contributed by atoms with Gasteiger partial charge in [-0.3, -0.25) is 14.4 Å². The molecule has 0 aliphatic carbocycles. The van der Waals surface area contributed by atoms with Crippen LogP contribution in [0.2, 0.25) is 0 Å². The standard InChI is InChI=1S/C23H28O9.C9H12O2.C9H10O/c1-3-21(25)29-13-6-5-12-28-16-20(32-23(27)11-14-30-22(26)4-2)17-31-19-9-7-18(15-24)8-10-19;1-7-6-8(10-2)4-5-9(7)11-3;1-2-8-3-5-9(7-10)6-4-8/h3-4,7-10,15,20H,1-2,5-6,11-14,16-17H2;4-6H,1-3H3;3-7H,2H2,1H3. The molecule has 0 bridgehead atoms. The number of carbonyl (C=O) groups excluding carboxylic acids is 5. The van der Waals surface area contributed by atoms with Gasteiger partial charge in [-0.25, -0.2) is 9.59 Å². The first kappa shape index (κ1) is 45.3. The minimum atomic E-state index is -0.707. The molecule has 53 heavy (non-hydrogen) atoms. The van der Waals surface area contributed by atoms with Crippen LogP contribution in [0.25, 0.3) is 0 Å². The number of methoxy groups -OCH3 is 2. The molecule has 0 aliphatic rings. The first-order valence-electron chi connectivity index (χ1n) is 16.9. The molecule has 0 saturated carbocycles. The van der Waals surface area contributed by atoms with E-state index in [1.54, 1.807) is 38.5 Å². The van der Waals surface area contributed by atoms with Crippen molar-refractivity contribution in [2.24, 2.45) is 0 Å². The van der Waals surface area contributed by atoms with Crippen LogP contribution < -0.4 is 14.2 Å². The number of carbonyl (C=O) groups is 5. The van der Waals surface area contributed by atoms with Gasteiger partial charge in [0.25, 0.3) is 0 Å². The molecule has 0 heterocycles. The van der Waals surface area contributed by atoms with Gasteiger partial charge >= 0.3 is 17.9 Å².